The summed E-state index contributed by atoms with van der Waals surface area (Å²) in [7, 11) is 0. The molecule has 2 aliphatic carbocycles. The van der Waals surface area contributed by atoms with E-state index in [1.165, 1.54) is 0 Å². The van der Waals surface area contributed by atoms with E-state index in [-0.39, 0.29) is 23.8 Å². The molecule has 1 heterocycles. The number of likely N-dealkylation sites (tertiary alicyclic amines) is 1. The quantitative estimate of drug-likeness (QED) is 0.450. The number of aliphatic hydroxyl groups excluding tert-OH is 1. The van der Waals surface area contributed by atoms with E-state index in [0.717, 1.165) is 32.1 Å². The summed E-state index contributed by atoms with van der Waals surface area (Å²) in [4.78, 5) is 40.7. The molecular formula is C23H40N4O4. The van der Waals surface area contributed by atoms with Gasteiger partial charge in [-0.3, -0.25) is 14.4 Å². The number of hydrogen-bond acceptors (Lipinski definition) is 5. The summed E-state index contributed by atoms with van der Waals surface area (Å²) in [6.07, 6.45) is 4.73. The van der Waals surface area contributed by atoms with E-state index < -0.39 is 35.6 Å². The number of rotatable bonds is 8. The van der Waals surface area contributed by atoms with Crippen LogP contribution in [0.1, 0.15) is 72.6 Å². The minimum Gasteiger partial charge on any atom is -0.381 e. The molecular weight excluding hydrogens is 396 g/mol. The van der Waals surface area contributed by atoms with Crippen LogP contribution in [-0.4, -0.2) is 64.5 Å². The fourth-order valence-corrected chi connectivity index (χ4v) is 5.00. The van der Waals surface area contributed by atoms with Crippen molar-refractivity contribution in [1.82, 2.24) is 15.5 Å². The van der Waals surface area contributed by atoms with Crippen LogP contribution < -0.4 is 16.4 Å². The number of amides is 3. The molecule has 0 aromatic heterocycles. The van der Waals surface area contributed by atoms with Crippen molar-refractivity contribution in [3.05, 3.63) is 0 Å². The van der Waals surface area contributed by atoms with Crippen molar-refractivity contribution in [2.24, 2.45) is 23.0 Å². The number of carbonyl (C=O) groups is 3. The van der Waals surface area contributed by atoms with Crippen LogP contribution in [0.3, 0.4) is 0 Å². The SMILES string of the molecule is CCC[C@H](NC(=O)[C@@H]1[C@H]2CCC[C@H]2CN1C(=O)[C@@H](N)C(C)(C)C)C(O)C(=O)NC1CC1. The van der Waals surface area contributed by atoms with Crippen LogP contribution in [0.25, 0.3) is 0 Å². The van der Waals surface area contributed by atoms with Crippen molar-refractivity contribution in [3.63, 3.8) is 0 Å². The highest BCUT2D eigenvalue weighted by Gasteiger charge is 2.51. The predicted octanol–water partition coefficient (Wildman–Crippen LogP) is 0.911. The Bertz CT molecular complexity index is 688. The molecule has 8 nitrogen and oxygen atoms in total. The molecule has 1 unspecified atom stereocenters. The number of nitrogens with zero attached hydrogens (tertiary/aromatic N) is 1. The summed E-state index contributed by atoms with van der Waals surface area (Å²) in [5, 5.41) is 16.3. The van der Waals surface area contributed by atoms with Crippen LogP contribution in [0, 0.1) is 17.3 Å². The van der Waals surface area contributed by atoms with Gasteiger partial charge in [-0.1, -0.05) is 40.5 Å². The molecule has 0 bridgehead atoms. The smallest absolute Gasteiger partial charge is 0.251 e. The van der Waals surface area contributed by atoms with E-state index in [1.54, 1.807) is 4.90 Å². The third-order valence-corrected chi connectivity index (χ3v) is 7.14. The van der Waals surface area contributed by atoms with E-state index in [1.807, 2.05) is 27.7 Å². The highest BCUT2D eigenvalue weighted by Crippen LogP contribution is 2.43. The van der Waals surface area contributed by atoms with Crippen LogP contribution in [0.5, 0.6) is 0 Å². The van der Waals surface area contributed by atoms with Gasteiger partial charge in [0.15, 0.2) is 6.10 Å². The first kappa shape index (κ1) is 24.0. The van der Waals surface area contributed by atoms with Gasteiger partial charge in [-0.2, -0.15) is 0 Å². The highest BCUT2D eigenvalue weighted by molar-refractivity contribution is 5.92. The van der Waals surface area contributed by atoms with Crippen LogP contribution in [0.2, 0.25) is 0 Å². The van der Waals surface area contributed by atoms with Crippen LogP contribution >= 0.6 is 0 Å². The molecule has 1 saturated heterocycles. The molecule has 8 heteroatoms. The number of hydrogen-bond donors (Lipinski definition) is 4. The Morgan fingerprint density at radius 2 is 1.84 bits per heavy atom. The summed E-state index contributed by atoms with van der Waals surface area (Å²) in [6.45, 7) is 8.27. The molecule has 0 radical (unpaired) electrons. The van der Waals surface area contributed by atoms with Gasteiger partial charge < -0.3 is 26.4 Å². The zero-order chi connectivity index (χ0) is 22.9. The lowest BCUT2D eigenvalue weighted by Crippen LogP contribution is -2.59. The lowest BCUT2D eigenvalue weighted by Gasteiger charge is -2.34. The van der Waals surface area contributed by atoms with Crippen LogP contribution in [0.4, 0.5) is 0 Å². The molecule has 5 N–H and O–H groups in total. The molecule has 0 aromatic rings. The van der Waals surface area contributed by atoms with Gasteiger partial charge in [0.05, 0.1) is 12.1 Å². The second-order valence-electron chi connectivity index (χ2n) is 10.8. The van der Waals surface area contributed by atoms with Gasteiger partial charge in [-0.25, -0.2) is 0 Å². The Morgan fingerprint density at radius 3 is 2.42 bits per heavy atom. The average molecular weight is 437 g/mol. The molecule has 1 aliphatic heterocycles. The van der Waals surface area contributed by atoms with Crippen molar-refractivity contribution >= 4 is 17.7 Å². The maximum atomic E-state index is 13.4. The van der Waals surface area contributed by atoms with E-state index in [0.29, 0.717) is 25.3 Å². The molecule has 3 amide bonds. The average Bonchev–Trinajstić information content (AvgIpc) is 3.26. The van der Waals surface area contributed by atoms with Crippen molar-refractivity contribution < 1.29 is 19.5 Å². The first-order valence-electron chi connectivity index (χ1n) is 11.9. The Balaban J connectivity index is 1.74. The molecule has 3 aliphatic rings. The minimum absolute atomic E-state index is 0.107. The molecule has 31 heavy (non-hydrogen) atoms. The molecule has 6 atom stereocenters. The predicted molar refractivity (Wildman–Crippen MR) is 118 cm³/mol. The zero-order valence-corrected chi connectivity index (χ0v) is 19.4. The normalized spacial score (nSPS) is 28.6. The Morgan fingerprint density at radius 1 is 1.16 bits per heavy atom. The van der Waals surface area contributed by atoms with E-state index in [4.69, 9.17) is 5.73 Å². The van der Waals surface area contributed by atoms with Crippen molar-refractivity contribution in [3.8, 4) is 0 Å². The molecule has 2 saturated carbocycles. The second kappa shape index (κ2) is 9.45. The summed E-state index contributed by atoms with van der Waals surface area (Å²) in [6, 6.07) is -1.82. The molecule has 176 valence electrons. The third-order valence-electron chi connectivity index (χ3n) is 7.14. The van der Waals surface area contributed by atoms with Gasteiger partial charge >= 0.3 is 0 Å². The summed E-state index contributed by atoms with van der Waals surface area (Å²) >= 11 is 0. The van der Waals surface area contributed by atoms with E-state index >= 15 is 0 Å². The Hall–Kier alpha value is -1.67. The molecule has 0 aromatic carbocycles. The van der Waals surface area contributed by atoms with E-state index in [2.05, 4.69) is 10.6 Å². The van der Waals surface area contributed by atoms with Gasteiger partial charge in [0.1, 0.15) is 6.04 Å². The Labute approximate surface area is 185 Å². The Kier molecular flexibility index (Phi) is 7.31. The van der Waals surface area contributed by atoms with Gasteiger partial charge in [0.25, 0.3) is 5.91 Å². The van der Waals surface area contributed by atoms with Crippen molar-refractivity contribution in [2.75, 3.05) is 6.54 Å². The fourth-order valence-electron chi connectivity index (χ4n) is 5.00. The largest absolute Gasteiger partial charge is 0.381 e. The van der Waals surface area contributed by atoms with Crippen LogP contribution in [0.15, 0.2) is 0 Å². The fraction of sp³-hybridized carbons (Fsp3) is 0.870. The summed E-state index contributed by atoms with van der Waals surface area (Å²) in [5.74, 6) is -0.494. The second-order valence-corrected chi connectivity index (χ2v) is 10.8. The van der Waals surface area contributed by atoms with Gasteiger partial charge in [-0.15, -0.1) is 0 Å². The van der Waals surface area contributed by atoms with E-state index in [9.17, 15) is 19.5 Å². The highest BCUT2D eigenvalue weighted by atomic mass is 16.3. The van der Waals surface area contributed by atoms with Gasteiger partial charge in [0, 0.05) is 12.6 Å². The summed E-state index contributed by atoms with van der Waals surface area (Å²) < 4.78 is 0. The minimum atomic E-state index is -1.30. The first-order chi connectivity index (χ1) is 14.5. The molecule has 3 fully saturated rings. The number of nitrogens with one attached hydrogen (secondary N) is 2. The zero-order valence-electron chi connectivity index (χ0n) is 19.4. The lowest BCUT2D eigenvalue weighted by molar-refractivity contribution is -0.143. The van der Waals surface area contributed by atoms with Crippen LogP contribution in [-0.2, 0) is 14.4 Å². The number of nitrogens with two attached hydrogens (primary N) is 1. The number of carbonyl (C=O) groups excluding carboxylic acids is 3. The lowest BCUT2D eigenvalue weighted by atomic mass is 9.86. The standard InChI is InChI=1S/C23H40N4O4/c1-5-7-16(18(28)21(30)25-14-10-11-14)26-20(29)17-15-9-6-8-13(15)12-27(17)22(31)19(24)23(2,3)4/h13-19,28H,5-12,24H2,1-4H3,(H,25,30)(H,26,29)/t13-,15-,16-,17-,18?,19+/m0/s1. The van der Waals surface area contributed by atoms with Gasteiger partial charge in [0.2, 0.25) is 11.8 Å². The topological polar surface area (TPSA) is 125 Å². The monoisotopic (exact) mass is 436 g/mol. The van der Waals surface area contributed by atoms with Gasteiger partial charge in [-0.05, 0) is 49.4 Å². The first-order valence-corrected chi connectivity index (χ1v) is 11.9. The molecule has 3 rings (SSSR count). The van der Waals surface area contributed by atoms with Crippen molar-refractivity contribution in [1.29, 1.82) is 0 Å². The number of fused-ring (bicyclic) bond motifs is 1. The summed E-state index contributed by atoms with van der Waals surface area (Å²) in [5.41, 5.74) is 5.86. The third kappa shape index (κ3) is 5.40. The maximum absolute atomic E-state index is 13.4. The van der Waals surface area contributed by atoms with Crippen molar-refractivity contribution in [2.45, 2.75) is 103 Å². The number of aliphatic hydroxyl groups is 1. The molecule has 0 spiro atoms. The maximum Gasteiger partial charge on any atom is 0.251 e.